The normalized spacial score (nSPS) is 14.9. The monoisotopic (exact) mass is 239 g/mol. The molecule has 3 nitrogen and oxygen atoms in total. The number of rotatable bonds is 9. The van der Waals surface area contributed by atoms with Gasteiger partial charge in [-0.1, -0.05) is 13.8 Å². The predicted octanol–water partition coefficient (Wildman–Crippen LogP) is 2.78. The van der Waals surface area contributed by atoms with Crippen LogP contribution in [0.5, 0.6) is 0 Å². The van der Waals surface area contributed by atoms with E-state index in [0.29, 0.717) is 6.04 Å². The lowest BCUT2D eigenvalue weighted by Gasteiger charge is -2.30. The molecule has 1 N–H and O–H groups in total. The Balaban J connectivity index is 4.23. The molecular formula is C14H29N3. The second-order valence-corrected chi connectivity index (χ2v) is 5.25. The molecule has 0 aromatic rings. The highest BCUT2D eigenvalue weighted by Gasteiger charge is 2.23. The molecule has 0 amide bonds. The quantitative estimate of drug-likeness (QED) is 0.672. The molecule has 0 radical (unpaired) electrons. The van der Waals surface area contributed by atoms with Crippen LogP contribution >= 0.6 is 0 Å². The van der Waals surface area contributed by atoms with E-state index < -0.39 is 0 Å². The highest BCUT2D eigenvalue weighted by Crippen LogP contribution is 2.11. The molecule has 0 saturated carbocycles. The third-order valence-corrected chi connectivity index (χ3v) is 3.15. The van der Waals surface area contributed by atoms with E-state index >= 15 is 0 Å². The molecule has 1 unspecified atom stereocenters. The first-order valence-corrected chi connectivity index (χ1v) is 6.89. The van der Waals surface area contributed by atoms with Crippen molar-refractivity contribution in [3.63, 3.8) is 0 Å². The summed E-state index contributed by atoms with van der Waals surface area (Å²) in [5.41, 5.74) is -0.378. The average molecular weight is 239 g/mol. The maximum Gasteiger partial charge on any atom is 0.105 e. The van der Waals surface area contributed by atoms with Gasteiger partial charge in [0.15, 0.2) is 0 Å². The summed E-state index contributed by atoms with van der Waals surface area (Å²) in [7, 11) is 0. The molecule has 17 heavy (non-hydrogen) atoms. The zero-order chi connectivity index (χ0) is 13.3. The van der Waals surface area contributed by atoms with Gasteiger partial charge < -0.3 is 4.90 Å². The van der Waals surface area contributed by atoms with Crippen LogP contribution in [0.3, 0.4) is 0 Å². The first-order valence-electron chi connectivity index (χ1n) is 6.89. The summed E-state index contributed by atoms with van der Waals surface area (Å²) in [6.07, 6.45) is 3.13. The molecule has 0 aromatic heterocycles. The van der Waals surface area contributed by atoms with E-state index in [0.717, 1.165) is 32.5 Å². The Kier molecular flexibility index (Phi) is 8.20. The van der Waals surface area contributed by atoms with Gasteiger partial charge in [-0.15, -0.1) is 0 Å². The van der Waals surface area contributed by atoms with Crippen LogP contribution in [0.4, 0.5) is 0 Å². The highest BCUT2D eigenvalue weighted by molar-refractivity contribution is 5.04. The molecule has 0 saturated heterocycles. The molecule has 1 atom stereocenters. The molecule has 0 aromatic carbocycles. The summed E-state index contributed by atoms with van der Waals surface area (Å²) in [4.78, 5) is 2.45. The fourth-order valence-corrected chi connectivity index (χ4v) is 1.87. The molecule has 0 aliphatic carbocycles. The standard InChI is InChI=1S/C14H29N3/c1-6-9-16-14(5,12-15)8-11-17(10-7-2)13(3)4/h13,16H,6-11H2,1-5H3. The minimum absolute atomic E-state index is 0.378. The molecule has 3 heteroatoms. The molecule has 0 aliphatic heterocycles. The Bertz CT molecular complexity index is 232. The first-order chi connectivity index (χ1) is 7.99. The van der Waals surface area contributed by atoms with Gasteiger partial charge in [-0.25, -0.2) is 0 Å². The van der Waals surface area contributed by atoms with Crippen LogP contribution in [0.1, 0.15) is 53.9 Å². The van der Waals surface area contributed by atoms with Crippen LogP contribution in [-0.4, -0.2) is 36.1 Å². The van der Waals surface area contributed by atoms with E-state index in [-0.39, 0.29) is 5.54 Å². The van der Waals surface area contributed by atoms with Crippen LogP contribution in [0, 0.1) is 11.3 Å². The number of hydrogen-bond donors (Lipinski definition) is 1. The lowest BCUT2D eigenvalue weighted by molar-refractivity contribution is 0.202. The van der Waals surface area contributed by atoms with Gasteiger partial charge in [-0.3, -0.25) is 5.32 Å². The van der Waals surface area contributed by atoms with Gasteiger partial charge in [0.05, 0.1) is 6.07 Å². The van der Waals surface area contributed by atoms with Crippen molar-refractivity contribution in [3.8, 4) is 6.07 Å². The molecule has 100 valence electrons. The minimum Gasteiger partial charge on any atom is -0.301 e. The van der Waals surface area contributed by atoms with Gasteiger partial charge in [0.2, 0.25) is 0 Å². The van der Waals surface area contributed by atoms with Gasteiger partial charge in [0, 0.05) is 12.6 Å². The van der Waals surface area contributed by atoms with E-state index in [9.17, 15) is 5.26 Å². The fraction of sp³-hybridized carbons (Fsp3) is 0.929. The maximum atomic E-state index is 9.26. The minimum atomic E-state index is -0.378. The maximum absolute atomic E-state index is 9.26. The van der Waals surface area contributed by atoms with E-state index in [1.165, 1.54) is 6.42 Å². The summed E-state index contributed by atoms with van der Waals surface area (Å²) in [5.74, 6) is 0. The van der Waals surface area contributed by atoms with Crippen LogP contribution in [0.25, 0.3) is 0 Å². The topological polar surface area (TPSA) is 39.1 Å². The highest BCUT2D eigenvalue weighted by atomic mass is 15.1. The van der Waals surface area contributed by atoms with Crippen LogP contribution in [0.15, 0.2) is 0 Å². The number of hydrogen-bond acceptors (Lipinski definition) is 3. The summed E-state index contributed by atoms with van der Waals surface area (Å²) in [6.45, 7) is 13.8. The summed E-state index contributed by atoms with van der Waals surface area (Å²) < 4.78 is 0. The van der Waals surface area contributed by atoms with Crippen LogP contribution < -0.4 is 5.32 Å². The Morgan fingerprint density at radius 1 is 1.24 bits per heavy atom. The van der Waals surface area contributed by atoms with Gasteiger partial charge >= 0.3 is 0 Å². The van der Waals surface area contributed by atoms with E-state index in [2.05, 4.69) is 44.0 Å². The van der Waals surface area contributed by atoms with Crippen molar-refractivity contribution in [1.82, 2.24) is 10.2 Å². The van der Waals surface area contributed by atoms with E-state index in [4.69, 9.17) is 0 Å². The lowest BCUT2D eigenvalue weighted by Crippen LogP contribution is -2.45. The number of nitrogens with one attached hydrogen (secondary N) is 1. The van der Waals surface area contributed by atoms with Gasteiger partial charge in [-0.05, 0) is 53.1 Å². The molecule has 0 heterocycles. The Morgan fingerprint density at radius 2 is 1.88 bits per heavy atom. The number of nitriles is 1. The lowest BCUT2D eigenvalue weighted by atomic mass is 9.99. The molecule has 0 aliphatic rings. The molecule has 0 bridgehead atoms. The third-order valence-electron chi connectivity index (χ3n) is 3.15. The van der Waals surface area contributed by atoms with Gasteiger partial charge in [0.25, 0.3) is 0 Å². The molecule has 0 rings (SSSR count). The van der Waals surface area contributed by atoms with Gasteiger partial charge in [0.1, 0.15) is 5.54 Å². The second-order valence-electron chi connectivity index (χ2n) is 5.25. The molecule has 0 spiro atoms. The van der Waals surface area contributed by atoms with E-state index in [1.807, 2.05) is 6.92 Å². The largest absolute Gasteiger partial charge is 0.301 e. The summed E-state index contributed by atoms with van der Waals surface area (Å²) >= 11 is 0. The Morgan fingerprint density at radius 3 is 2.29 bits per heavy atom. The van der Waals surface area contributed by atoms with Crippen LogP contribution in [0.2, 0.25) is 0 Å². The average Bonchev–Trinajstić information content (AvgIpc) is 2.31. The molecule has 0 fully saturated rings. The Labute approximate surface area is 107 Å². The smallest absolute Gasteiger partial charge is 0.105 e. The Hall–Kier alpha value is -0.590. The van der Waals surface area contributed by atoms with Crippen molar-refractivity contribution in [2.45, 2.75) is 65.5 Å². The SMILES string of the molecule is CCCNC(C)(C#N)CCN(CCC)C(C)C. The third kappa shape index (κ3) is 6.65. The van der Waals surface area contributed by atoms with Crippen molar-refractivity contribution >= 4 is 0 Å². The van der Waals surface area contributed by atoms with Crippen molar-refractivity contribution in [3.05, 3.63) is 0 Å². The van der Waals surface area contributed by atoms with E-state index in [1.54, 1.807) is 0 Å². The number of nitrogens with zero attached hydrogens (tertiary/aromatic N) is 2. The summed E-state index contributed by atoms with van der Waals surface area (Å²) in [5, 5.41) is 12.6. The zero-order valence-electron chi connectivity index (χ0n) is 12.2. The van der Waals surface area contributed by atoms with Crippen molar-refractivity contribution in [2.24, 2.45) is 0 Å². The first kappa shape index (κ1) is 16.4. The fourth-order valence-electron chi connectivity index (χ4n) is 1.87. The summed E-state index contributed by atoms with van der Waals surface area (Å²) in [6, 6.07) is 2.97. The molecular weight excluding hydrogens is 210 g/mol. The van der Waals surface area contributed by atoms with Crippen molar-refractivity contribution in [2.75, 3.05) is 19.6 Å². The van der Waals surface area contributed by atoms with Gasteiger partial charge in [-0.2, -0.15) is 5.26 Å². The predicted molar refractivity (Wildman–Crippen MR) is 73.9 cm³/mol. The second kappa shape index (κ2) is 8.49. The van der Waals surface area contributed by atoms with Crippen molar-refractivity contribution < 1.29 is 0 Å². The zero-order valence-corrected chi connectivity index (χ0v) is 12.2. The van der Waals surface area contributed by atoms with Crippen molar-refractivity contribution in [1.29, 1.82) is 5.26 Å². The van der Waals surface area contributed by atoms with Crippen LogP contribution in [-0.2, 0) is 0 Å².